The molecule has 0 unspecified atom stereocenters. The van der Waals surface area contributed by atoms with Gasteiger partial charge in [0.1, 0.15) is 5.52 Å². The third kappa shape index (κ3) is 1.25. The van der Waals surface area contributed by atoms with E-state index in [0.29, 0.717) is 10.8 Å². The summed E-state index contributed by atoms with van der Waals surface area (Å²) in [4.78, 5) is 10.5. The molecule has 0 saturated carbocycles. The van der Waals surface area contributed by atoms with Gasteiger partial charge in [-0.3, -0.25) is 4.79 Å². The highest BCUT2D eigenvalue weighted by Gasteiger charge is 2.08. The molecule has 3 nitrogen and oxygen atoms in total. The van der Waals surface area contributed by atoms with Crippen molar-refractivity contribution in [3.8, 4) is 0 Å². The Kier molecular flexibility index (Phi) is 1.88. The number of rotatable bonds is 1. The second kappa shape index (κ2) is 2.92. The second-order valence-corrected chi connectivity index (χ2v) is 3.43. The fourth-order valence-corrected chi connectivity index (χ4v) is 1.55. The maximum atomic E-state index is 13.3. The lowest BCUT2D eigenvalue weighted by molar-refractivity contribution is 0.112. The molecule has 2 rings (SSSR count). The molecule has 0 amide bonds. The molecular formula is C8H4BrFN2O. The van der Waals surface area contributed by atoms with E-state index in [1.807, 2.05) is 0 Å². The van der Waals surface area contributed by atoms with Crippen molar-refractivity contribution in [2.24, 2.45) is 0 Å². The SMILES string of the molecule is O=Cc1cnn2cc(Br)cc(F)c12. The van der Waals surface area contributed by atoms with Gasteiger partial charge in [-0.25, -0.2) is 8.91 Å². The Hall–Kier alpha value is -1.23. The lowest BCUT2D eigenvalue weighted by atomic mass is 10.3. The van der Waals surface area contributed by atoms with Gasteiger partial charge in [-0.1, -0.05) is 0 Å². The minimum Gasteiger partial charge on any atom is -0.298 e. The third-order valence-corrected chi connectivity index (χ3v) is 2.12. The average molecular weight is 243 g/mol. The van der Waals surface area contributed by atoms with E-state index in [9.17, 15) is 9.18 Å². The van der Waals surface area contributed by atoms with Crippen molar-refractivity contribution in [2.45, 2.75) is 0 Å². The summed E-state index contributed by atoms with van der Waals surface area (Å²) in [5.41, 5.74) is 0.461. The van der Waals surface area contributed by atoms with Gasteiger partial charge in [0.2, 0.25) is 0 Å². The Bertz CT molecular complexity index is 480. The first-order chi connectivity index (χ1) is 6.22. The van der Waals surface area contributed by atoms with Crippen LogP contribution in [0.1, 0.15) is 10.4 Å². The first-order valence-corrected chi connectivity index (χ1v) is 4.29. The van der Waals surface area contributed by atoms with Gasteiger partial charge >= 0.3 is 0 Å². The van der Waals surface area contributed by atoms with Crippen LogP contribution < -0.4 is 0 Å². The van der Waals surface area contributed by atoms with Crippen LogP contribution in [0.4, 0.5) is 4.39 Å². The summed E-state index contributed by atoms with van der Waals surface area (Å²) < 4.78 is 15.2. The van der Waals surface area contributed by atoms with E-state index in [0.717, 1.165) is 0 Å². The van der Waals surface area contributed by atoms with Crippen LogP contribution in [0.2, 0.25) is 0 Å². The topological polar surface area (TPSA) is 34.4 Å². The van der Waals surface area contributed by atoms with Crippen molar-refractivity contribution in [2.75, 3.05) is 0 Å². The molecule has 0 atom stereocenters. The van der Waals surface area contributed by atoms with Gasteiger partial charge in [-0.2, -0.15) is 5.10 Å². The standard InChI is InChI=1S/C8H4BrFN2O/c9-6-1-7(10)8-5(4-13)2-11-12(8)3-6/h1-4H. The van der Waals surface area contributed by atoms with Crippen molar-refractivity contribution in [1.29, 1.82) is 0 Å². The molecule has 0 radical (unpaired) electrons. The fraction of sp³-hybridized carbons (Fsp3) is 0. The molecule has 0 fully saturated rings. The maximum Gasteiger partial charge on any atom is 0.153 e. The van der Waals surface area contributed by atoms with Crippen LogP contribution in [0.3, 0.4) is 0 Å². The maximum absolute atomic E-state index is 13.3. The number of carbonyl (C=O) groups excluding carboxylic acids is 1. The molecule has 0 N–H and O–H groups in total. The number of hydrogen-bond donors (Lipinski definition) is 0. The Morgan fingerprint density at radius 1 is 1.62 bits per heavy atom. The molecule has 0 spiro atoms. The summed E-state index contributed by atoms with van der Waals surface area (Å²) >= 11 is 3.13. The zero-order chi connectivity index (χ0) is 9.42. The van der Waals surface area contributed by atoms with Gasteiger partial charge in [-0.15, -0.1) is 0 Å². The minimum absolute atomic E-state index is 0.207. The molecule has 66 valence electrons. The molecule has 2 aromatic heterocycles. The Morgan fingerprint density at radius 3 is 3.08 bits per heavy atom. The molecule has 0 aliphatic rings. The van der Waals surface area contributed by atoms with Gasteiger partial charge in [0, 0.05) is 10.7 Å². The van der Waals surface area contributed by atoms with Gasteiger partial charge < -0.3 is 0 Å². The van der Waals surface area contributed by atoms with Gasteiger partial charge in [0.15, 0.2) is 12.1 Å². The second-order valence-electron chi connectivity index (χ2n) is 2.52. The lowest BCUT2D eigenvalue weighted by Gasteiger charge is -1.96. The van der Waals surface area contributed by atoms with Crippen LogP contribution in [0.5, 0.6) is 0 Å². The molecule has 0 aliphatic heterocycles. The first kappa shape index (κ1) is 8.37. The van der Waals surface area contributed by atoms with E-state index in [1.54, 1.807) is 6.20 Å². The van der Waals surface area contributed by atoms with Crippen molar-refractivity contribution in [3.63, 3.8) is 0 Å². The minimum atomic E-state index is -0.464. The van der Waals surface area contributed by atoms with Gasteiger partial charge in [-0.05, 0) is 22.0 Å². The summed E-state index contributed by atoms with van der Waals surface area (Å²) in [5, 5.41) is 3.83. The Morgan fingerprint density at radius 2 is 2.38 bits per heavy atom. The van der Waals surface area contributed by atoms with Crippen molar-refractivity contribution in [1.82, 2.24) is 9.61 Å². The molecule has 13 heavy (non-hydrogen) atoms. The van der Waals surface area contributed by atoms with Crippen LogP contribution in [0.25, 0.3) is 5.52 Å². The number of halogens is 2. The quantitative estimate of drug-likeness (QED) is 0.718. The van der Waals surface area contributed by atoms with Crippen LogP contribution in [-0.4, -0.2) is 15.9 Å². The fourth-order valence-electron chi connectivity index (χ4n) is 1.15. The zero-order valence-electron chi connectivity index (χ0n) is 6.37. The summed E-state index contributed by atoms with van der Waals surface area (Å²) in [5.74, 6) is -0.464. The van der Waals surface area contributed by atoms with Crippen LogP contribution >= 0.6 is 15.9 Å². The van der Waals surface area contributed by atoms with E-state index < -0.39 is 5.82 Å². The van der Waals surface area contributed by atoms with Crippen molar-refractivity contribution >= 4 is 27.7 Å². The number of aromatic nitrogens is 2. The highest BCUT2D eigenvalue weighted by atomic mass is 79.9. The van der Waals surface area contributed by atoms with E-state index in [1.165, 1.54) is 16.8 Å². The van der Waals surface area contributed by atoms with E-state index in [4.69, 9.17) is 0 Å². The lowest BCUT2D eigenvalue weighted by Crippen LogP contribution is -1.91. The molecule has 0 aromatic carbocycles. The third-order valence-electron chi connectivity index (χ3n) is 1.69. The van der Waals surface area contributed by atoms with E-state index >= 15 is 0 Å². The summed E-state index contributed by atoms with van der Waals surface area (Å²) in [6.45, 7) is 0. The predicted molar refractivity (Wildman–Crippen MR) is 48.2 cm³/mol. The van der Waals surface area contributed by atoms with Crippen LogP contribution in [0, 0.1) is 5.82 Å². The smallest absolute Gasteiger partial charge is 0.153 e. The van der Waals surface area contributed by atoms with E-state index in [-0.39, 0.29) is 11.1 Å². The number of fused-ring (bicyclic) bond motifs is 1. The highest BCUT2D eigenvalue weighted by Crippen LogP contribution is 2.18. The molecule has 0 aliphatic carbocycles. The predicted octanol–water partition coefficient (Wildman–Crippen LogP) is 2.05. The average Bonchev–Trinajstić information content (AvgIpc) is 2.47. The zero-order valence-corrected chi connectivity index (χ0v) is 7.95. The highest BCUT2D eigenvalue weighted by molar-refractivity contribution is 9.10. The van der Waals surface area contributed by atoms with Crippen molar-refractivity contribution < 1.29 is 9.18 Å². The number of hydrogen-bond acceptors (Lipinski definition) is 2. The largest absolute Gasteiger partial charge is 0.298 e. The Labute approximate surface area is 81.3 Å². The van der Waals surface area contributed by atoms with E-state index in [2.05, 4.69) is 21.0 Å². The van der Waals surface area contributed by atoms with Gasteiger partial charge in [0.05, 0.1) is 11.8 Å². The molecule has 0 bridgehead atoms. The molecular weight excluding hydrogens is 239 g/mol. The van der Waals surface area contributed by atoms with Crippen molar-refractivity contribution in [3.05, 3.63) is 34.3 Å². The van der Waals surface area contributed by atoms with Gasteiger partial charge in [0.25, 0.3) is 0 Å². The van der Waals surface area contributed by atoms with Crippen LogP contribution in [0.15, 0.2) is 22.9 Å². The normalized spacial score (nSPS) is 10.6. The summed E-state index contributed by atoms with van der Waals surface area (Å²) in [6, 6.07) is 1.30. The first-order valence-electron chi connectivity index (χ1n) is 3.50. The number of nitrogens with zero attached hydrogens (tertiary/aromatic N) is 2. The molecule has 0 saturated heterocycles. The van der Waals surface area contributed by atoms with Crippen LogP contribution in [-0.2, 0) is 0 Å². The monoisotopic (exact) mass is 242 g/mol. The Balaban J connectivity index is 2.89. The molecule has 2 heterocycles. The number of aldehydes is 1. The molecule has 5 heteroatoms. The number of carbonyl (C=O) groups is 1. The summed E-state index contributed by atoms with van der Waals surface area (Å²) in [7, 11) is 0. The summed E-state index contributed by atoms with van der Waals surface area (Å²) in [6.07, 6.45) is 3.50. The molecule has 2 aromatic rings. The number of pyridine rings is 1.